The van der Waals surface area contributed by atoms with E-state index in [2.05, 4.69) is 5.32 Å². The maximum absolute atomic E-state index is 13.1. The van der Waals surface area contributed by atoms with Crippen molar-refractivity contribution in [3.05, 3.63) is 106 Å². The molecule has 1 fully saturated rings. The number of ether oxygens (including phenoxy) is 1. The normalized spacial score (nSPS) is 16.4. The van der Waals surface area contributed by atoms with Crippen LogP contribution >= 0.6 is 58.8 Å². The predicted octanol–water partition coefficient (Wildman–Crippen LogP) is 7.46. The van der Waals surface area contributed by atoms with E-state index in [1.807, 2.05) is 56.3 Å². The monoisotopic (exact) mass is 604 g/mol. The first kappa shape index (κ1) is 28.5. The number of thiocarbonyl (C=S) groups is 1. The van der Waals surface area contributed by atoms with Crippen molar-refractivity contribution in [2.24, 2.45) is 0 Å². The molecule has 3 aromatic rings. The van der Waals surface area contributed by atoms with Crippen molar-refractivity contribution in [1.29, 1.82) is 0 Å². The van der Waals surface area contributed by atoms with Crippen LogP contribution in [0.25, 0.3) is 6.08 Å². The smallest absolute Gasteiger partial charge is 0.266 e. The summed E-state index contributed by atoms with van der Waals surface area (Å²) >= 11 is 25.0. The van der Waals surface area contributed by atoms with Gasteiger partial charge in [-0.3, -0.25) is 14.5 Å². The highest BCUT2D eigenvalue weighted by molar-refractivity contribution is 8.26. The van der Waals surface area contributed by atoms with Crippen molar-refractivity contribution in [2.75, 3.05) is 0 Å². The average molecular weight is 606 g/mol. The largest absolute Gasteiger partial charge is 0.466 e. The molecule has 0 spiro atoms. The van der Waals surface area contributed by atoms with Crippen LogP contribution in [-0.4, -0.2) is 31.1 Å². The Balaban J connectivity index is 1.45. The summed E-state index contributed by atoms with van der Waals surface area (Å²) in [6.07, 6.45) is 0.523. The molecule has 38 heavy (non-hydrogen) atoms. The Bertz CT molecular complexity index is 1360. The molecule has 1 N–H and O–H groups in total. The van der Waals surface area contributed by atoms with Crippen LogP contribution in [0.15, 0.2) is 83.8 Å². The van der Waals surface area contributed by atoms with Crippen molar-refractivity contribution in [3.63, 3.8) is 0 Å². The van der Waals surface area contributed by atoms with Gasteiger partial charge in [-0.2, -0.15) is 0 Å². The SMILES string of the molecule is Cc1ccc(C(=O)N[C@H](Oc2ccc(/C=C3\SC(=S)N([C@@H](C)c4ccccc4)C3=O)cc2)C(Cl)(Cl)Cl)cc1. The summed E-state index contributed by atoms with van der Waals surface area (Å²) in [4.78, 5) is 27.9. The summed E-state index contributed by atoms with van der Waals surface area (Å²) in [5.41, 5.74) is 3.19. The number of hydrogen-bond acceptors (Lipinski definition) is 5. The number of halogens is 3. The molecule has 4 rings (SSSR count). The minimum absolute atomic E-state index is 0.147. The Hall–Kier alpha value is -2.55. The molecule has 1 saturated heterocycles. The number of thioether (sulfide) groups is 1. The molecule has 1 aliphatic rings. The number of amides is 2. The van der Waals surface area contributed by atoms with Gasteiger partial charge in [-0.15, -0.1) is 0 Å². The minimum atomic E-state index is -1.93. The van der Waals surface area contributed by atoms with E-state index in [4.69, 9.17) is 51.8 Å². The number of benzene rings is 3. The number of carbonyl (C=O) groups excluding carboxylic acids is 2. The number of nitrogens with zero attached hydrogens (tertiary/aromatic N) is 1. The second kappa shape index (κ2) is 12.1. The molecule has 1 aliphatic heterocycles. The molecule has 10 heteroatoms. The van der Waals surface area contributed by atoms with E-state index in [-0.39, 0.29) is 11.9 Å². The van der Waals surface area contributed by atoms with Crippen molar-refractivity contribution in [1.82, 2.24) is 10.2 Å². The zero-order valence-electron chi connectivity index (χ0n) is 20.4. The highest BCUT2D eigenvalue weighted by Gasteiger charge is 2.37. The molecule has 0 saturated carbocycles. The average Bonchev–Trinajstić information content (AvgIpc) is 3.16. The molecule has 0 unspecified atom stereocenters. The first-order valence-corrected chi connectivity index (χ1v) is 13.9. The predicted molar refractivity (Wildman–Crippen MR) is 160 cm³/mol. The van der Waals surface area contributed by atoms with Gasteiger partial charge in [-0.1, -0.05) is 119 Å². The van der Waals surface area contributed by atoms with Gasteiger partial charge in [0, 0.05) is 5.56 Å². The van der Waals surface area contributed by atoms with Crippen molar-refractivity contribution < 1.29 is 14.3 Å². The zero-order valence-corrected chi connectivity index (χ0v) is 24.3. The van der Waals surface area contributed by atoms with Crippen LogP contribution in [0.4, 0.5) is 0 Å². The summed E-state index contributed by atoms with van der Waals surface area (Å²) in [6.45, 7) is 3.87. The molecule has 2 amide bonds. The van der Waals surface area contributed by atoms with Gasteiger partial charge >= 0.3 is 0 Å². The highest BCUT2D eigenvalue weighted by Crippen LogP contribution is 2.38. The van der Waals surface area contributed by atoms with Gasteiger partial charge in [0.15, 0.2) is 0 Å². The second-order valence-corrected chi connectivity index (χ2v) is 12.6. The quantitative estimate of drug-likeness (QED) is 0.131. The third-order valence-corrected chi connectivity index (χ3v) is 7.72. The van der Waals surface area contributed by atoms with Gasteiger partial charge in [-0.25, -0.2) is 0 Å². The fourth-order valence-electron chi connectivity index (χ4n) is 3.71. The van der Waals surface area contributed by atoms with E-state index in [0.29, 0.717) is 20.5 Å². The van der Waals surface area contributed by atoms with Gasteiger partial charge in [0.1, 0.15) is 10.1 Å². The van der Waals surface area contributed by atoms with E-state index in [0.717, 1.165) is 16.7 Å². The van der Waals surface area contributed by atoms with Gasteiger partial charge in [0.2, 0.25) is 10.0 Å². The lowest BCUT2D eigenvalue weighted by molar-refractivity contribution is -0.123. The lowest BCUT2D eigenvalue weighted by atomic mass is 10.1. The summed E-state index contributed by atoms with van der Waals surface area (Å²) in [7, 11) is 0. The van der Waals surface area contributed by atoms with Crippen molar-refractivity contribution in [2.45, 2.75) is 29.9 Å². The molecule has 196 valence electrons. The van der Waals surface area contributed by atoms with Gasteiger partial charge in [0.25, 0.3) is 11.8 Å². The zero-order chi connectivity index (χ0) is 27.4. The molecule has 0 bridgehead atoms. The van der Waals surface area contributed by atoms with E-state index in [1.165, 1.54) is 11.8 Å². The van der Waals surface area contributed by atoms with E-state index < -0.39 is 15.9 Å². The van der Waals surface area contributed by atoms with Gasteiger partial charge in [-0.05, 0) is 55.3 Å². The number of aryl methyl sites for hydroxylation is 1. The summed E-state index contributed by atoms with van der Waals surface area (Å²) in [6, 6.07) is 23.4. The summed E-state index contributed by atoms with van der Waals surface area (Å²) < 4.78 is 4.38. The van der Waals surface area contributed by atoms with Crippen LogP contribution in [0.5, 0.6) is 5.75 Å². The van der Waals surface area contributed by atoms with Crippen LogP contribution in [-0.2, 0) is 4.79 Å². The second-order valence-electron chi connectivity index (χ2n) is 8.59. The lowest BCUT2D eigenvalue weighted by Gasteiger charge is -2.26. The molecule has 0 aliphatic carbocycles. The van der Waals surface area contributed by atoms with Gasteiger partial charge in [0.05, 0.1) is 10.9 Å². The topological polar surface area (TPSA) is 58.6 Å². The third-order valence-electron chi connectivity index (χ3n) is 5.80. The highest BCUT2D eigenvalue weighted by atomic mass is 35.6. The standard InChI is InChI=1S/C28H23Cl3N2O3S2/c1-17-8-12-21(13-9-17)24(34)32-26(28(29,30)31)36-22-14-10-19(11-15-22)16-23-25(35)33(27(37)38-23)18(2)20-6-4-3-5-7-20/h3-16,18,26H,1-2H3,(H,32,34)/b23-16-/t18-,26+/m0/s1. The van der Waals surface area contributed by atoms with Crippen LogP contribution in [0.3, 0.4) is 0 Å². The fraction of sp³-hybridized carbons (Fsp3) is 0.179. The third kappa shape index (κ3) is 6.90. The maximum atomic E-state index is 13.1. The lowest BCUT2D eigenvalue weighted by Crippen LogP contribution is -2.47. The first-order chi connectivity index (χ1) is 18.0. The molecule has 5 nitrogen and oxygen atoms in total. The van der Waals surface area contributed by atoms with Crippen LogP contribution in [0.2, 0.25) is 0 Å². The molecule has 0 radical (unpaired) electrons. The number of nitrogens with one attached hydrogen (secondary N) is 1. The van der Waals surface area contributed by atoms with E-state index >= 15 is 0 Å². The summed E-state index contributed by atoms with van der Waals surface area (Å²) in [5.74, 6) is -0.218. The first-order valence-electron chi connectivity index (χ1n) is 11.6. The fourth-order valence-corrected chi connectivity index (χ4v) is 5.43. The molecule has 2 atom stereocenters. The number of carbonyl (C=O) groups is 2. The molecular formula is C28H23Cl3N2O3S2. The van der Waals surface area contributed by atoms with Crippen LogP contribution < -0.4 is 10.1 Å². The Kier molecular flexibility index (Phi) is 9.06. The van der Waals surface area contributed by atoms with Crippen molar-refractivity contribution in [3.8, 4) is 5.75 Å². The molecule has 3 aromatic carbocycles. The molecular weight excluding hydrogens is 583 g/mol. The summed E-state index contributed by atoms with van der Waals surface area (Å²) in [5, 5.41) is 2.62. The Morgan fingerprint density at radius 2 is 1.66 bits per heavy atom. The van der Waals surface area contributed by atoms with E-state index in [9.17, 15) is 9.59 Å². The maximum Gasteiger partial charge on any atom is 0.266 e. The number of hydrogen-bond donors (Lipinski definition) is 1. The van der Waals surface area contributed by atoms with E-state index in [1.54, 1.807) is 47.4 Å². The Morgan fingerprint density at radius 3 is 2.26 bits per heavy atom. The molecule has 0 aromatic heterocycles. The molecule has 1 heterocycles. The van der Waals surface area contributed by atoms with Crippen LogP contribution in [0.1, 0.15) is 40.0 Å². The number of rotatable bonds is 7. The van der Waals surface area contributed by atoms with Crippen LogP contribution in [0, 0.1) is 6.92 Å². The Morgan fingerprint density at radius 1 is 1.03 bits per heavy atom. The van der Waals surface area contributed by atoms with Gasteiger partial charge < -0.3 is 10.1 Å². The van der Waals surface area contributed by atoms with Crippen molar-refractivity contribution >= 4 is 81.0 Å². The minimum Gasteiger partial charge on any atom is -0.466 e. The Labute approximate surface area is 246 Å². The number of alkyl halides is 3.